The number of hydrogen-bond donors (Lipinski definition) is 4. The van der Waals surface area contributed by atoms with E-state index in [0.29, 0.717) is 47.8 Å². The van der Waals surface area contributed by atoms with Crippen LogP contribution in [0.2, 0.25) is 9.63 Å². The van der Waals surface area contributed by atoms with Crippen LogP contribution in [0.15, 0.2) is 0 Å². The summed E-state index contributed by atoms with van der Waals surface area (Å²) in [5.74, 6) is 1.94. The van der Waals surface area contributed by atoms with Gasteiger partial charge in [-0.25, -0.2) is 0 Å². The second-order valence-electron chi connectivity index (χ2n) is 2.91. The first-order valence-corrected chi connectivity index (χ1v) is 10.7. The summed E-state index contributed by atoms with van der Waals surface area (Å²) in [4.78, 5) is 1.43. The zero-order valence-corrected chi connectivity index (χ0v) is 15.3. The zero-order chi connectivity index (χ0) is 11.1. The Labute approximate surface area is 122 Å². The quantitative estimate of drug-likeness (QED) is 0.366. The van der Waals surface area contributed by atoms with E-state index in [9.17, 15) is 0 Å². The Morgan fingerprint density at radius 3 is 1.29 bits per heavy atom. The van der Waals surface area contributed by atoms with Crippen molar-refractivity contribution in [3.63, 3.8) is 0 Å². The Hall–Kier alpha value is 2.44. The Kier molecular flexibility index (Phi) is 11.1. The SMILES string of the molecule is CC(S)[Se]C(CS)C(CS)[Se]C(C)S. The predicted octanol–water partition coefficient (Wildman–Crippen LogP) is 2.38. The van der Waals surface area contributed by atoms with Gasteiger partial charge in [-0.1, -0.05) is 0 Å². The molecule has 0 radical (unpaired) electrons. The molecule has 0 spiro atoms. The Balaban J connectivity index is 4.14. The van der Waals surface area contributed by atoms with Gasteiger partial charge in [0.2, 0.25) is 0 Å². The van der Waals surface area contributed by atoms with Gasteiger partial charge < -0.3 is 0 Å². The molecule has 0 nitrogen and oxygen atoms in total. The molecule has 0 saturated heterocycles. The molecule has 6 heteroatoms. The van der Waals surface area contributed by atoms with E-state index in [2.05, 4.69) is 64.4 Å². The monoisotopic (exact) mass is 402 g/mol. The van der Waals surface area contributed by atoms with Gasteiger partial charge in [0.05, 0.1) is 0 Å². The van der Waals surface area contributed by atoms with Crippen molar-refractivity contribution < 1.29 is 0 Å². The summed E-state index contributed by atoms with van der Waals surface area (Å²) in [6, 6.07) is 0. The maximum atomic E-state index is 4.47. The molecule has 0 aliphatic heterocycles. The fraction of sp³-hybridized carbons (Fsp3) is 1.00. The fourth-order valence-electron chi connectivity index (χ4n) is 1.00. The molecular weight excluding hydrogens is 382 g/mol. The van der Waals surface area contributed by atoms with Gasteiger partial charge in [0.1, 0.15) is 0 Å². The van der Waals surface area contributed by atoms with Crippen LogP contribution in [0.25, 0.3) is 0 Å². The van der Waals surface area contributed by atoms with Crippen LogP contribution in [-0.2, 0) is 0 Å². The summed E-state index contributed by atoms with van der Waals surface area (Å²) in [5.41, 5.74) is 0. The third kappa shape index (κ3) is 7.67. The van der Waals surface area contributed by atoms with Crippen LogP contribution >= 0.6 is 50.5 Å². The first-order valence-electron chi connectivity index (χ1n) is 4.40. The van der Waals surface area contributed by atoms with Crippen molar-refractivity contribution in [1.29, 1.82) is 0 Å². The minimum atomic E-state index is 0.521. The summed E-state index contributed by atoms with van der Waals surface area (Å²) < 4.78 is 1.04. The van der Waals surface area contributed by atoms with E-state index in [1.54, 1.807) is 0 Å². The van der Waals surface area contributed by atoms with Crippen molar-refractivity contribution in [2.24, 2.45) is 0 Å². The van der Waals surface area contributed by atoms with Crippen molar-refractivity contribution in [2.75, 3.05) is 11.5 Å². The van der Waals surface area contributed by atoms with Gasteiger partial charge >= 0.3 is 124 Å². The van der Waals surface area contributed by atoms with E-state index in [4.69, 9.17) is 0 Å². The Morgan fingerprint density at radius 2 is 1.14 bits per heavy atom. The molecule has 0 heterocycles. The molecule has 4 unspecified atom stereocenters. The van der Waals surface area contributed by atoms with Crippen molar-refractivity contribution in [3.8, 4) is 0 Å². The van der Waals surface area contributed by atoms with Gasteiger partial charge in [-0.15, -0.1) is 0 Å². The molecule has 0 rings (SSSR count). The molecule has 0 aromatic heterocycles. The molecule has 0 saturated carbocycles. The van der Waals surface area contributed by atoms with Gasteiger partial charge in [0.15, 0.2) is 0 Å². The zero-order valence-electron chi connectivity index (χ0n) is 8.33. The molecule has 0 fully saturated rings. The Bertz CT molecular complexity index is 127. The van der Waals surface area contributed by atoms with E-state index < -0.39 is 0 Å². The topological polar surface area (TPSA) is 0 Å². The summed E-state index contributed by atoms with van der Waals surface area (Å²) in [5, 5.41) is 0. The molecule has 0 aliphatic carbocycles. The van der Waals surface area contributed by atoms with Gasteiger partial charge in [0.25, 0.3) is 0 Å². The van der Waals surface area contributed by atoms with E-state index in [1.807, 2.05) is 0 Å². The molecule has 14 heavy (non-hydrogen) atoms. The third-order valence-electron chi connectivity index (χ3n) is 1.52. The van der Waals surface area contributed by atoms with Crippen LogP contribution < -0.4 is 0 Å². The van der Waals surface area contributed by atoms with Crippen LogP contribution in [0.5, 0.6) is 0 Å². The van der Waals surface area contributed by atoms with Crippen LogP contribution in [0.4, 0.5) is 0 Å². The summed E-state index contributed by atoms with van der Waals surface area (Å²) >= 11 is 19.0. The molecule has 0 aromatic carbocycles. The van der Waals surface area contributed by atoms with E-state index in [1.165, 1.54) is 0 Å². The van der Waals surface area contributed by atoms with Crippen molar-refractivity contribution in [2.45, 2.75) is 31.8 Å². The molecular formula is C8H18S4Se2. The van der Waals surface area contributed by atoms with E-state index in [0.717, 1.165) is 11.5 Å². The second-order valence-corrected chi connectivity index (χ2v) is 13.4. The first kappa shape index (κ1) is 16.4. The van der Waals surface area contributed by atoms with Gasteiger partial charge in [-0.05, 0) is 0 Å². The van der Waals surface area contributed by atoms with Crippen molar-refractivity contribution >= 4 is 80.4 Å². The third-order valence-corrected chi connectivity index (χ3v) is 10.8. The normalized spacial score (nSPS) is 20.1. The fourth-order valence-corrected chi connectivity index (χ4v) is 9.69. The van der Waals surface area contributed by atoms with Gasteiger partial charge in [-0.2, -0.15) is 0 Å². The van der Waals surface area contributed by atoms with Crippen LogP contribution in [0.1, 0.15) is 13.8 Å². The number of hydrogen-bond acceptors (Lipinski definition) is 4. The predicted molar refractivity (Wildman–Crippen MR) is 83.6 cm³/mol. The number of rotatable bonds is 7. The summed E-state index contributed by atoms with van der Waals surface area (Å²) in [6.07, 6.45) is 0. The molecule has 86 valence electrons. The van der Waals surface area contributed by atoms with Crippen LogP contribution in [-0.4, -0.2) is 49.7 Å². The van der Waals surface area contributed by atoms with Crippen LogP contribution in [0, 0.1) is 0 Å². The Morgan fingerprint density at radius 1 is 0.857 bits per heavy atom. The molecule has 4 atom stereocenters. The maximum absolute atomic E-state index is 4.47. The summed E-state index contributed by atoms with van der Waals surface area (Å²) in [7, 11) is 0. The molecule has 0 aromatic rings. The molecule has 0 amide bonds. The standard InChI is InChI=1S/C8H18S4Se2/c1-5(11)13-7(3-9)8(4-10)14-6(2)12/h5-12H,3-4H2,1-2H3. The summed E-state index contributed by atoms with van der Waals surface area (Å²) in [6.45, 7) is 4.35. The average Bonchev–Trinajstić information content (AvgIpc) is 2.10. The van der Waals surface area contributed by atoms with Crippen molar-refractivity contribution in [3.05, 3.63) is 0 Å². The van der Waals surface area contributed by atoms with Gasteiger partial charge in [0, 0.05) is 0 Å². The van der Waals surface area contributed by atoms with Crippen LogP contribution in [0.3, 0.4) is 0 Å². The van der Waals surface area contributed by atoms with E-state index in [-0.39, 0.29) is 0 Å². The minimum absolute atomic E-state index is 0.521. The first-order chi connectivity index (χ1) is 6.51. The number of thiol groups is 4. The van der Waals surface area contributed by atoms with Crippen molar-refractivity contribution in [1.82, 2.24) is 0 Å². The molecule has 0 N–H and O–H groups in total. The van der Waals surface area contributed by atoms with E-state index >= 15 is 0 Å². The molecule has 0 bridgehead atoms. The second kappa shape index (κ2) is 9.47. The van der Waals surface area contributed by atoms with Gasteiger partial charge in [-0.3, -0.25) is 0 Å². The average molecular weight is 400 g/mol. The molecule has 0 aliphatic rings.